The second-order valence-corrected chi connectivity index (χ2v) is 5.81. The molecular weight excluding hydrogens is 319 g/mol. The summed E-state index contributed by atoms with van der Waals surface area (Å²) in [7, 11) is 0. The van der Waals surface area contributed by atoms with Crippen molar-refractivity contribution in [2.45, 2.75) is 26.4 Å². The Bertz CT molecular complexity index is 830. The molecule has 2 heterocycles. The van der Waals surface area contributed by atoms with Crippen molar-refractivity contribution in [3.8, 4) is 0 Å². The van der Waals surface area contributed by atoms with Crippen LogP contribution in [0.1, 0.15) is 17.7 Å². The fourth-order valence-corrected chi connectivity index (χ4v) is 2.53. The molecule has 0 unspecified atom stereocenters. The van der Waals surface area contributed by atoms with Gasteiger partial charge in [0.1, 0.15) is 5.82 Å². The predicted molar refractivity (Wildman–Crippen MR) is 93.4 cm³/mol. The van der Waals surface area contributed by atoms with E-state index in [-0.39, 0.29) is 11.7 Å². The average Bonchev–Trinajstić information content (AvgIpc) is 3.05. The van der Waals surface area contributed by atoms with Crippen molar-refractivity contribution < 1.29 is 9.18 Å². The molecule has 0 fully saturated rings. The third-order valence-corrected chi connectivity index (χ3v) is 3.80. The smallest absolute Gasteiger partial charge is 0.229 e. The molecule has 6 heteroatoms. The minimum absolute atomic E-state index is 0.0644. The summed E-state index contributed by atoms with van der Waals surface area (Å²) in [5.41, 5.74) is 2.47. The molecule has 5 nitrogen and oxygen atoms in total. The van der Waals surface area contributed by atoms with Crippen LogP contribution in [0.4, 0.5) is 10.1 Å². The van der Waals surface area contributed by atoms with Crippen LogP contribution in [-0.2, 0) is 17.9 Å². The number of hydrogen-bond acceptors (Lipinski definition) is 3. The third kappa shape index (κ3) is 4.50. The Labute approximate surface area is 145 Å². The van der Waals surface area contributed by atoms with Gasteiger partial charge in [-0.05, 0) is 48.9 Å². The summed E-state index contributed by atoms with van der Waals surface area (Å²) in [6, 6.07) is 11.5. The van der Waals surface area contributed by atoms with E-state index in [4.69, 9.17) is 0 Å². The lowest BCUT2D eigenvalue weighted by molar-refractivity contribution is -0.119. The number of halogens is 1. The Morgan fingerprint density at radius 2 is 2.00 bits per heavy atom. The number of aromatic nitrogens is 3. The van der Waals surface area contributed by atoms with Crippen molar-refractivity contribution in [2.24, 2.45) is 0 Å². The number of hydrogen-bond donors (Lipinski definition) is 0. The van der Waals surface area contributed by atoms with Crippen LogP contribution < -0.4 is 4.90 Å². The van der Waals surface area contributed by atoms with Gasteiger partial charge in [0.05, 0.1) is 18.4 Å². The first-order chi connectivity index (χ1) is 12.1. The molecule has 0 saturated heterocycles. The SMILES string of the molecule is Cc1cnn(CCC(=O)N(Cc2ccccn2)c2ccc(F)cc2)c1. The molecule has 2 aromatic heterocycles. The van der Waals surface area contributed by atoms with Crippen LogP contribution in [0, 0.1) is 12.7 Å². The number of benzene rings is 1. The minimum Gasteiger partial charge on any atom is -0.306 e. The summed E-state index contributed by atoms with van der Waals surface area (Å²) >= 11 is 0. The quantitative estimate of drug-likeness (QED) is 0.692. The molecule has 0 bridgehead atoms. The molecule has 0 N–H and O–H groups in total. The van der Waals surface area contributed by atoms with E-state index in [0.717, 1.165) is 11.3 Å². The third-order valence-electron chi connectivity index (χ3n) is 3.80. The van der Waals surface area contributed by atoms with Gasteiger partial charge in [0.2, 0.25) is 5.91 Å². The zero-order valence-electron chi connectivity index (χ0n) is 14.0. The number of nitrogens with zero attached hydrogens (tertiary/aromatic N) is 4. The highest BCUT2D eigenvalue weighted by Gasteiger charge is 2.17. The van der Waals surface area contributed by atoms with Crippen molar-refractivity contribution in [2.75, 3.05) is 4.90 Å². The highest BCUT2D eigenvalue weighted by atomic mass is 19.1. The van der Waals surface area contributed by atoms with Gasteiger partial charge in [-0.25, -0.2) is 4.39 Å². The number of carbonyl (C=O) groups excluding carboxylic acids is 1. The predicted octanol–water partition coefficient (Wildman–Crippen LogP) is 3.35. The first kappa shape index (κ1) is 16.8. The van der Waals surface area contributed by atoms with Crippen LogP contribution in [0.3, 0.4) is 0 Å². The largest absolute Gasteiger partial charge is 0.306 e. The first-order valence-corrected chi connectivity index (χ1v) is 8.07. The molecule has 3 aromatic rings. The van der Waals surface area contributed by atoms with Crippen molar-refractivity contribution >= 4 is 11.6 Å². The maximum absolute atomic E-state index is 13.2. The second kappa shape index (κ2) is 7.70. The molecule has 3 rings (SSSR count). The maximum atomic E-state index is 13.2. The normalized spacial score (nSPS) is 10.6. The molecule has 0 radical (unpaired) electrons. The van der Waals surface area contributed by atoms with Gasteiger partial charge in [0.15, 0.2) is 0 Å². The summed E-state index contributed by atoms with van der Waals surface area (Å²) in [5.74, 6) is -0.397. The van der Waals surface area contributed by atoms with Crippen LogP contribution in [0.2, 0.25) is 0 Å². The van der Waals surface area contributed by atoms with Crippen LogP contribution in [0.25, 0.3) is 0 Å². The number of amides is 1. The Kier molecular flexibility index (Phi) is 5.18. The zero-order valence-corrected chi connectivity index (χ0v) is 14.0. The number of aryl methyl sites for hydroxylation is 2. The maximum Gasteiger partial charge on any atom is 0.229 e. The number of carbonyl (C=O) groups is 1. The first-order valence-electron chi connectivity index (χ1n) is 8.07. The van der Waals surface area contributed by atoms with E-state index in [1.54, 1.807) is 34.1 Å². The lowest BCUT2D eigenvalue weighted by Crippen LogP contribution is -2.31. The van der Waals surface area contributed by atoms with Gasteiger partial charge in [-0.2, -0.15) is 5.10 Å². The molecule has 0 aliphatic heterocycles. The Morgan fingerprint density at radius 1 is 1.20 bits per heavy atom. The number of rotatable bonds is 6. The van der Waals surface area contributed by atoms with Crippen molar-refractivity contribution in [1.82, 2.24) is 14.8 Å². The summed E-state index contributed by atoms with van der Waals surface area (Å²) in [6.45, 7) is 2.78. The molecule has 1 aromatic carbocycles. The highest BCUT2D eigenvalue weighted by Crippen LogP contribution is 2.18. The summed E-state index contributed by atoms with van der Waals surface area (Å²) in [5, 5.41) is 4.20. The van der Waals surface area contributed by atoms with E-state index in [2.05, 4.69) is 10.1 Å². The van der Waals surface area contributed by atoms with Crippen molar-refractivity contribution in [3.05, 3.63) is 78.1 Å². The second-order valence-electron chi connectivity index (χ2n) is 5.81. The van der Waals surface area contributed by atoms with Gasteiger partial charge in [0.25, 0.3) is 0 Å². The summed E-state index contributed by atoms with van der Waals surface area (Å²) in [6.07, 6.45) is 5.64. The molecular formula is C19H19FN4O. The fourth-order valence-electron chi connectivity index (χ4n) is 2.53. The van der Waals surface area contributed by atoms with Crippen LogP contribution >= 0.6 is 0 Å². The van der Waals surface area contributed by atoms with E-state index in [1.165, 1.54) is 12.1 Å². The Hall–Kier alpha value is -3.02. The number of pyridine rings is 1. The summed E-state index contributed by atoms with van der Waals surface area (Å²) < 4.78 is 15.0. The van der Waals surface area contributed by atoms with Gasteiger partial charge in [-0.1, -0.05) is 6.07 Å². The van der Waals surface area contributed by atoms with Gasteiger partial charge in [-0.15, -0.1) is 0 Å². The zero-order chi connectivity index (χ0) is 17.6. The monoisotopic (exact) mass is 338 g/mol. The van der Waals surface area contributed by atoms with Gasteiger partial charge >= 0.3 is 0 Å². The fraction of sp³-hybridized carbons (Fsp3) is 0.211. The molecule has 25 heavy (non-hydrogen) atoms. The standard InChI is InChI=1S/C19H19FN4O/c1-15-12-22-23(13-15)11-9-19(25)24(14-17-4-2-3-10-21-17)18-7-5-16(20)6-8-18/h2-8,10,12-13H,9,11,14H2,1H3. The van der Waals surface area contributed by atoms with E-state index < -0.39 is 0 Å². The molecule has 0 aliphatic carbocycles. The van der Waals surface area contributed by atoms with Crippen LogP contribution in [-0.4, -0.2) is 20.7 Å². The van der Waals surface area contributed by atoms with Gasteiger partial charge in [0, 0.05) is 31.0 Å². The lowest BCUT2D eigenvalue weighted by atomic mass is 10.2. The lowest BCUT2D eigenvalue weighted by Gasteiger charge is -2.22. The minimum atomic E-state index is -0.332. The van der Waals surface area contributed by atoms with E-state index in [1.807, 2.05) is 31.3 Å². The van der Waals surface area contributed by atoms with Crippen molar-refractivity contribution in [3.63, 3.8) is 0 Å². The van der Waals surface area contributed by atoms with E-state index in [0.29, 0.717) is 25.2 Å². The van der Waals surface area contributed by atoms with E-state index >= 15 is 0 Å². The Balaban J connectivity index is 1.77. The van der Waals surface area contributed by atoms with E-state index in [9.17, 15) is 9.18 Å². The van der Waals surface area contributed by atoms with Crippen molar-refractivity contribution in [1.29, 1.82) is 0 Å². The molecule has 0 spiro atoms. The van der Waals surface area contributed by atoms with Crippen LogP contribution in [0.15, 0.2) is 61.1 Å². The Morgan fingerprint density at radius 3 is 2.64 bits per heavy atom. The molecule has 1 amide bonds. The molecule has 0 saturated carbocycles. The molecule has 128 valence electrons. The van der Waals surface area contributed by atoms with Gasteiger partial charge in [-0.3, -0.25) is 14.5 Å². The molecule has 0 atom stereocenters. The van der Waals surface area contributed by atoms with Crippen LogP contribution in [0.5, 0.6) is 0 Å². The topological polar surface area (TPSA) is 51.0 Å². The molecule has 0 aliphatic rings. The summed E-state index contributed by atoms with van der Waals surface area (Å²) in [4.78, 5) is 18.7. The highest BCUT2D eigenvalue weighted by molar-refractivity contribution is 5.93. The average molecular weight is 338 g/mol. The number of anilines is 1. The van der Waals surface area contributed by atoms with Gasteiger partial charge < -0.3 is 4.90 Å².